The number of aromatic amines is 2. The first-order valence-electron chi connectivity index (χ1n) is 15.7. The van der Waals surface area contributed by atoms with E-state index < -0.39 is 31.9 Å². The molecule has 2 amide bonds. The molecule has 0 saturated carbocycles. The summed E-state index contributed by atoms with van der Waals surface area (Å²) >= 11 is 0. The van der Waals surface area contributed by atoms with Crippen LogP contribution in [0.3, 0.4) is 0 Å². The number of hydrogen-bond donors (Lipinski definition) is 4. The number of amides is 2. The third-order valence-corrected chi connectivity index (χ3v) is 10.8. The molecule has 0 unspecified atom stereocenters. The Morgan fingerprint density at radius 3 is 1.21 bits per heavy atom. The molecular weight excluding hydrogens is 705 g/mol. The first kappa shape index (κ1) is 33.0. The maximum Gasteiger partial charge on any atom is 0.282 e. The molecule has 0 radical (unpaired) electrons. The highest BCUT2D eigenvalue weighted by molar-refractivity contribution is 7.89. The molecule has 6 aromatic rings. The summed E-state index contributed by atoms with van der Waals surface area (Å²) in [6.07, 6.45) is 0. The van der Waals surface area contributed by atoms with Crippen LogP contribution in [0.1, 0.15) is 13.8 Å². The lowest BCUT2D eigenvalue weighted by molar-refractivity contribution is -0.113. The lowest BCUT2D eigenvalue weighted by atomic mass is 10.1. The van der Waals surface area contributed by atoms with Gasteiger partial charge >= 0.3 is 0 Å². The molecule has 0 aliphatic carbocycles. The van der Waals surface area contributed by atoms with Crippen LogP contribution in [0.15, 0.2) is 117 Å². The highest BCUT2D eigenvalue weighted by Gasteiger charge is 2.33. The van der Waals surface area contributed by atoms with Crippen LogP contribution in [-0.2, 0) is 29.6 Å². The van der Waals surface area contributed by atoms with Crippen LogP contribution in [-0.4, -0.2) is 50.0 Å². The van der Waals surface area contributed by atoms with E-state index in [1.54, 1.807) is 26.0 Å². The van der Waals surface area contributed by atoms with E-state index in [1.807, 2.05) is 48.5 Å². The quantitative estimate of drug-likeness (QED) is 0.213. The van der Waals surface area contributed by atoms with Crippen LogP contribution in [0, 0.1) is 10.7 Å². The number of hydrogen-bond acceptors (Lipinski definition) is 8. The molecule has 14 nitrogen and oxygen atoms in total. The molecule has 0 atom stereocenters. The number of nitrogens with two attached hydrogens (primary N) is 2. The standard InChI is InChI=1S/C36H28N8O6S2/c1-19-29(35(45)43(41-19)21-9-7-11-23(17-21)51(37,47)48)31-25-13-3-5-15-27(25)33(39-31)34-28-16-6-4-14-26(28)32(40-34)30-20(2)42-44(36(30)46)22-10-8-12-24(18-22)52(38,49)50/h3-18,39-40H,1-2H3,(H2,37,47,48)(H2,38,49,50)/b31-29-,32-30-,34-33+. The molecule has 260 valence electrons. The number of carbonyl (C=O) groups is 2. The van der Waals surface area contributed by atoms with Gasteiger partial charge in [0.1, 0.15) is 0 Å². The topological polar surface area (TPSA) is 217 Å². The highest BCUT2D eigenvalue weighted by atomic mass is 32.2. The number of primary sulfonamides is 2. The van der Waals surface area contributed by atoms with Gasteiger partial charge in [-0.2, -0.15) is 20.2 Å². The first-order chi connectivity index (χ1) is 24.7. The van der Waals surface area contributed by atoms with E-state index in [9.17, 15) is 26.4 Å². The van der Waals surface area contributed by atoms with E-state index in [1.165, 1.54) is 36.4 Å². The van der Waals surface area contributed by atoms with Crippen molar-refractivity contribution in [1.82, 2.24) is 9.97 Å². The van der Waals surface area contributed by atoms with Gasteiger partial charge in [0.25, 0.3) is 11.8 Å². The Morgan fingerprint density at radius 2 is 0.865 bits per heavy atom. The third-order valence-electron chi connectivity index (χ3n) is 9.00. The van der Waals surface area contributed by atoms with Crippen molar-refractivity contribution >= 4 is 87.4 Å². The monoisotopic (exact) mass is 732 g/mol. The zero-order chi connectivity index (χ0) is 36.7. The first-order valence-corrected chi connectivity index (χ1v) is 18.8. The van der Waals surface area contributed by atoms with Gasteiger partial charge in [0.05, 0.1) is 65.1 Å². The van der Waals surface area contributed by atoms with Crippen molar-refractivity contribution < 1.29 is 26.4 Å². The summed E-state index contributed by atoms with van der Waals surface area (Å²) in [5.74, 6) is -0.935. The number of fused-ring (bicyclic) bond motifs is 2. The van der Waals surface area contributed by atoms with Gasteiger partial charge in [-0.25, -0.2) is 27.1 Å². The van der Waals surface area contributed by atoms with Gasteiger partial charge in [-0.05, 0) is 50.2 Å². The summed E-state index contributed by atoms with van der Waals surface area (Å²) < 4.78 is 48.1. The Morgan fingerprint density at radius 1 is 0.519 bits per heavy atom. The average Bonchev–Trinajstić information content (AvgIpc) is 3.84. The molecule has 4 aromatic carbocycles. The highest BCUT2D eigenvalue weighted by Crippen LogP contribution is 2.28. The number of hydrazone groups is 2. The Bertz CT molecular complexity index is 2900. The second kappa shape index (κ2) is 11.7. The Labute approximate surface area is 295 Å². The maximum absolute atomic E-state index is 14.0. The van der Waals surface area contributed by atoms with E-state index in [0.717, 1.165) is 31.6 Å². The number of aromatic nitrogens is 2. The van der Waals surface area contributed by atoms with Gasteiger partial charge in [-0.15, -0.1) is 0 Å². The molecule has 2 aromatic heterocycles. The number of benzene rings is 4. The van der Waals surface area contributed by atoms with Crippen molar-refractivity contribution in [2.75, 3.05) is 10.0 Å². The number of sulfonamides is 2. The minimum absolute atomic E-state index is 0.153. The van der Waals surface area contributed by atoms with Crippen molar-refractivity contribution in [2.45, 2.75) is 23.6 Å². The second-order valence-electron chi connectivity index (χ2n) is 12.3. The van der Waals surface area contributed by atoms with Crippen LogP contribution in [0.4, 0.5) is 11.4 Å². The molecule has 2 aliphatic heterocycles. The largest absolute Gasteiger partial charge is 0.352 e. The minimum atomic E-state index is -4.02. The van der Waals surface area contributed by atoms with Crippen molar-refractivity contribution in [3.8, 4) is 0 Å². The van der Waals surface area contributed by atoms with Gasteiger partial charge in [-0.1, -0.05) is 60.7 Å². The van der Waals surface area contributed by atoms with Crippen LogP contribution < -0.4 is 31.0 Å². The lowest BCUT2D eigenvalue weighted by Gasteiger charge is -2.12. The fourth-order valence-electron chi connectivity index (χ4n) is 6.67. The molecule has 4 heterocycles. The van der Waals surface area contributed by atoms with Crippen LogP contribution in [0.5, 0.6) is 0 Å². The van der Waals surface area contributed by atoms with Crippen molar-refractivity contribution in [1.29, 1.82) is 0 Å². The van der Waals surface area contributed by atoms with E-state index in [0.29, 0.717) is 44.0 Å². The second-order valence-corrected chi connectivity index (χ2v) is 15.4. The zero-order valence-corrected chi connectivity index (χ0v) is 29.1. The molecule has 52 heavy (non-hydrogen) atoms. The van der Waals surface area contributed by atoms with Gasteiger partial charge in [0.15, 0.2) is 0 Å². The predicted molar refractivity (Wildman–Crippen MR) is 197 cm³/mol. The number of rotatable bonds is 4. The number of H-pyrrole nitrogens is 2. The van der Waals surface area contributed by atoms with Gasteiger partial charge < -0.3 is 9.97 Å². The van der Waals surface area contributed by atoms with E-state index in [2.05, 4.69) is 20.2 Å². The van der Waals surface area contributed by atoms with Gasteiger partial charge in [-0.3, -0.25) is 9.59 Å². The fourth-order valence-corrected chi connectivity index (χ4v) is 7.78. The molecular formula is C36H28N8O6S2. The van der Waals surface area contributed by atoms with Gasteiger partial charge in [0, 0.05) is 21.5 Å². The number of anilines is 2. The molecule has 6 N–H and O–H groups in total. The summed E-state index contributed by atoms with van der Waals surface area (Å²) in [5.41, 5.74) is 1.88. The predicted octanol–water partition coefficient (Wildman–Crippen LogP) is 2.38. The summed E-state index contributed by atoms with van der Waals surface area (Å²) in [7, 11) is -8.05. The Hall–Kier alpha value is -6.20. The smallest absolute Gasteiger partial charge is 0.282 e. The van der Waals surface area contributed by atoms with Crippen LogP contribution in [0.2, 0.25) is 0 Å². The third kappa shape index (κ3) is 5.24. The Kier molecular flexibility index (Phi) is 7.40. The molecule has 0 spiro atoms. The number of nitrogens with zero attached hydrogens (tertiary/aromatic N) is 4. The summed E-state index contributed by atoms with van der Waals surface area (Å²) in [4.78, 5) is 34.7. The lowest BCUT2D eigenvalue weighted by Crippen LogP contribution is -2.26. The van der Waals surface area contributed by atoms with E-state index in [-0.39, 0.29) is 21.2 Å². The summed E-state index contributed by atoms with van der Waals surface area (Å²) in [6.45, 7) is 3.39. The molecule has 0 fully saturated rings. The van der Waals surface area contributed by atoms with Crippen molar-refractivity contribution in [2.24, 2.45) is 20.5 Å². The average molecular weight is 733 g/mol. The van der Waals surface area contributed by atoms with Gasteiger partial charge in [0.2, 0.25) is 20.0 Å². The molecule has 0 saturated heterocycles. The van der Waals surface area contributed by atoms with Crippen LogP contribution >= 0.6 is 0 Å². The molecule has 0 bridgehead atoms. The van der Waals surface area contributed by atoms with E-state index in [4.69, 9.17) is 10.3 Å². The number of carbonyl (C=O) groups excluding carboxylic acids is 2. The number of nitrogens with one attached hydrogen (secondary N) is 2. The SMILES string of the molecule is CC1=NN(c2cccc(S(N)(=O)=O)c2)C(=O)/C1=c1\[nH]/c(=c2/[nH]/c(=C3\C(=O)N(c4cccc(S(N)(=O)=O)c4)N=C3C)c3ccccc23)c2ccccc12. The van der Waals surface area contributed by atoms with Crippen molar-refractivity contribution in [3.63, 3.8) is 0 Å². The summed E-state index contributed by atoms with van der Waals surface area (Å²) in [6, 6.07) is 26.5. The molecule has 2 aliphatic rings. The fraction of sp³-hybridized carbons (Fsp3) is 0.0556. The van der Waals surface area contributed by atoms with Crippen molar-refractivity contribution in [3.05, 3.63) is 118 Å². The maximum atomic E-state index is 14.0. The molecule has 16 heteroatoms. The Balaban J connectivity index is 1.37. The molecule has 8 rings (SSSR count). The summed E-state index contributed by atoms with van der Waals surface area (Å²) in [5, 5.41) is 27.3. The minimum Gasteiger partial charge on any atom is -0.352 e. The normalized spacial score (nSPS) is 18.2. The van der Waals surface area contributed by atoms with Crippen LogP contribution in [0.25, 0.3) is 32.7 Å². The zero-order valence-electron chi connectivity index (χ0n) is 27.4. The van der Waals surface area contributed by atoms with E-state index >= 15 is 0 Å².